The van der Waals surface area contributed by atoms with Gasteiger partial charge in [0, 0.05) is 36.1 Å². The Labute approximate surface area is 159 Å². The van der Waals surface area contributed by atoms with Gasteiger partial charge in [-0.15, -0.1) is 0 Å². The fraction of sp³-hybridized carbons (Fsp3) is 0.111. The predicted octanol–water partition coefficient (Wildman–Crippen LogP) is 4.32. The maximum Gasteiger partial charge on any atom is 0.417 e. The molecule has 0 spiro atoms. The van der Waals surface area contributed by atoms with E-state index >= 15 is 0 Å². The summed E-state index contributed by atoms with van der Waals surface area (Å²) in [6.07, 6.45) is -1.32. The number of alkyl halides is 3. The second-order valence-electron chi connectivity index (χ2n) is 6.05. The molecule has 0 unspecified atom stereocenters. The minimum Gasteiger partial charge on any atom is -0.364 e. The molecule has 4 rings (SSSR count). The summed E-state index contributed by atoms with van der Waals surface area (Å²) in [5, 5.41) is 2.88. The summed E-state index contributed by atoms with van der Waals surface area (Å²) in [6.45, 7) is -0.0441. The summed E-state index contributed by atoms with van der Waals surface area (Å²) < 4.78 is 65.8. The lowest BCUT2D eigenvalue weighted by Gasteiger charge is -2.10. The van der Waals surface area contributed by atoms with Gasteiger partial charge in [-0.05, 0) is 12.1 Å². The molecule has 2 N–H and O–H groups in total. The molecule has 0 aliphatic heterocycles. The third-order valence-electron chi connectivity index (χ3n) is 4.07. The van der Waals surface area contributed by atoms with E-state index in [0.717, 1.165) is 18.2 Å². The number of aromatic amines is 1. The molecule has 0 fully saturated rings. The van der Waals surface area contributed by atoms with Gasteiger partial charge in [-0.3, -0.25) is 4.98 Å². The predicted molar refractivity (Wildman–Crippen MR) is 93.6 cm³/mol. The molecule has 3 heterocycles. The van der Waals surface area contributed by atoms with Crippen molar-refractivity contribution in [2.45, 2.75) is 12.7 Å². The van der Waals surface area contributed by atoms with Crippen LogP contribution in [0.4, 0.5) is 27.8 Å². The normalized spacial score (nSPS) is 11.8. The van der Waals surface area contributed by atoms with Crippen LogP contribution in [-0.2, 0) is 12.7 Å². The first-order chi connectivity index (χ1) is 13.8. The average molecular weight is 406 g/mol. The van der Waals surface area contributed by atoms with Crippen LogP contribution in [0.5, 0.6) is 0 Å². The number of hydrogen-bond acceptors (Lipinski definition) is 5. The van der Waals surface area contributed by atoms with Crippen LogP contribution in [-0.4, -0.2) is 24.9 Å². The highest BCUT2D eigenvalue weighted by Gasteiger charge is 2.31. The van der Waals surface area contributed by atoms with Crippen molar-refractivity contribution in [1.82, 2.24) is 24.9 Å². The van der Waals surface area contributed by atoms with Gasteiger partial charge in [-0.25, -0.2) is 23.7 Å². The van der Waals surface area contributed by atoms with E-state index in [2.05, 4.69) is 30.2 Å². The first-order valence-corrected chi connectivity index (χ1v) is 8.23. The van der Waals surface area contributed by atoms with Gasteiger partial charge in [0.1, 0.15) is 17.2 Å². The Morgan fingerprint density at radius 2 is 1.86 bits per heavy atom. The molecule has 0 atom stereocenters. The van der Waals surface area contributed by atoms with E-state index in [1.165, 1.54) is 18.6 Å². The largest absolute Gasteiger partial charge is 0.417 e. The molecule has 0 radical (unpaired) electrons. The van der Waals surface area contributed by atoms with Crippen molar-refractivity contribution in [2.24, 2.45) is 0 Å². The van der Waals surface area contributed by atoms with Gasteiger partial charge < -0.3 is 10.3 Å². The van der Waals surface area contributed by atoms with E-state index in [-0.39, 0.29) is 35.0 Å². The van der Waals surface area contributed by atoms with E-state index in [1.807, 2.05) is 0 Å². The van der Waals surface area contributed by atoms with Crippen molar-refractivity contribution < 1.29 is 22.0 Å². The number of pyridine rings is 1. The molecular formula is C18H11F5N6. The molecule has 1 aromatic carbocycles. The van der Waals surface area contributed by atoms with Crippen LogP contribution in [0.25, 0.3) is 22.6 Å². The molecule has 0 amide bonds. The van der Waals surface area contributed by atoms with Crippen molar-refractivity contribution in [2.75, 3.05) is 5.32 Å². The number of rotatable bonds is 4. The Kier molecular flexibility index (Phi) is 4.57. The van der Waals surface area contributed by atoms with Gasteiger partial charge in [-0.1, -0.05) is 6.07 Å². The third-order valence-corrected chi connectivity index (χ3v) is 4.07. The lowest BCUT2D eigenvalue weighted by Crippen LogP contribution is -2.07. The minimum atomic E-state index is -4.57. The van der Waals surface area contributed by atoms with Crippen molar-refractivity contribution in [3.63, 3.8) is 0 Å². The summed E-state index contributed by atoms with van der Waals surface area (Å²) in [6, 6.07) is 4.03. The van der Waals surface area contributed by atoms with Crippen molar-refractivity contribution in [1.29, 1.82) is 0 Å². The standard InChI is InChI=1S/C18H11F5N6/c19-12-2-1-9(13(20)4-12)6-25-16-14-17(27-8-26-14)29-15(28-16)10-3-11(7-24-5-10)18(21,22)23/h1-5,7-8H,6H2,(H2,25,26,27,28,29). The highest BCUT2D eigenvalue weighted by molar-refractivity contribution is 5.84. The Morgan fingerprint density at radius 3 is 2.62 bits per heavy atom. The van der Waals surface area contributed by atoms with E-state index in [9.17, 15) is 22.0 Å². The Morgan fingerprint density at radius 1 is 1.03 bits per heavy atom. The summed E-state index contributed by atoms with van der Waals surface area (Å²) in [5.41, 5.74) is -0.130. The van der Waals surface area contributed by atoms with E-state index in [1.54, 1.807) is 0 Å². The molecule has 6 nitrogen and oxygen atoms in total. The second-order valence-corrected chi connectivity index (χ2v) is 6.05. The number of hydrogen-bond donors (Lipinski definition) is 2. The quantitative estimate of drug-likeness (QED) is 0.494. The number of benzene rings is 1. The van der Waals surface area contributed by atoms with Gasteiger partial charge in [0.15, 0.2) is 17.3 Å². The number of halogens is 5. The first-order valence-electron chi connectivity index (χ1n) is 8.23. The smallest absolute Gasteiger partial charge is 0.364 e. The molecule has 0 bridgehead atoms. The van der Waals surface area contributed by atoms with Crippen LogP contribution in [0.2, 0.25) is 0 Å². The average Bonchev–Trinajstić information content (AvgIpc) is 3.15. The van der Waals surface area contributed by atoms with Crippen LogP contribution in [0, 0.1) is 11.6 Å². The fourth-order valence-electron chi connectivity index (χ4n) is 2.65. The maximum atomic E-state index is 13.9. The molecule has 4 aromatic rings. The molecular weight excluding hydrogens is 395 g/mol. The number of nitrogens with zero attached hydrogens (tertiary/aromatic N) is 4. The first kappa shape index (κ1) is 18.7. The van der Waals surface area contributed by atoms with Crippen LogP contribution in [0.3, 0.4) is 0 Å². The Hall–Kier alpha value is -3.63. The number of H-pyrrole nitrogens is 1. The number of anilines is 1. The number of aromatic nitrogens is 5. The highest BCUT2D eigenvalue weighted by Crippen LogP contribution is 2.31. The van der Waals surface area contributed by atoms with Gasteiger partial charge in [0.05, 0.1) is 11.9 Å². The van der Waals surface area contributed by atoms with Crippen molar-refractivity contribution in [3.05, 3.63) is 65.7 Å². The number of imidazole rings is 1. The zero-order valence-corrected chi connectivity index (χ0v) is 14.4. The summed E-state index contributed by atoms with van der Waals surface area (Å²) in [7, 11) is 0. The van der Waals surface area contributed by atoms with Crippen molar-refractivity contribution >= 4 is 17.0 Å². The van der Waals surface area contributed by atoms with E-state index in [4.69, 9.17) is 0 Å². The summed E-state index contributed by atoms with van der Waals surface area (Å²) in [4.78, 5) is 18.8. The monoisotopic (exact) mass is 406 g/mol. The van der Waals surface area contributed by atoms with Gasteiger partial charge >= 0.3 is 6.18 Å². The Balaban J connectivity index is 1.71. The molecule has 3 aromatic heterocycles. The molecule has 11 heteroatoms. The molecule has 29 heavy (non-hydrogen) atoms. The van der Waals surface area contributed by atoms with Gasteiger partial charge in [0.2, 0.25) is 0 Å². The number of fused-ring (bicyclic) bond motifs is 1. The lowest BCUT2D eigenvalue weighted by molar-refractivity contribution is -0.137. The number of nitrogens with one attached hydrogen (secondary N) is 2. The molecule has 0 saturated carbocycles. The topological polar surface area (TPSA) is 79.4 Å². The van der Waals surface area contributed by atoms with E-state index < -0.39 is 23.4 Å². The fourth-order valence-corrected chi connectivity index (χ4v) is 2.65. The zero-order valence-electron chi connectivity index (χ0n) is 14.4. The van der Waals surface area contributed by atoms with Crippen LogP contribution >= 0.6 is 0 Å². The SMILES string of the molecule is Fc1ccc(CNc2nc(-c3cncc(C(F)(F)F)c3)nc3nc[nH]c23)c(F)c1. The van der Waals surface area contributed by atoms with Crippen molar-refractivity contribution in [3.8, 4) is 11.4 Å². The Bertz CT molecular complexity index is 1190. The maximum absolute atomic E-state index is 13.9. The van der Waals surface area contributed by atoms with Gasteiger partial charge in [0.25, 0.3) is 0 Å². The van der Waals surface area contributed by atoms with Gasteiger partial charge in [-0.2, -0.15) is 13.2 Å². The molecule has 0 saturated heterocycles. The minimum absolute atomic E-state index is 0.0368. The van der Waals surface area contributed by atoms with Crippen LogP contribution in [0.1, 0.15) is 11.1 Å². The highest BCUT2D eigenvalue weighted by atomic mass is 19.4. The second kappa shape index (κ2) is 7.08. The summed E-state index contributed by atoms with van der Waals surface area (Å²) >= 11 is 0. The molecule has 148 valence electrons. The molecule has 0 aliphatic rings. The third kappa shape index (κ3) is 3.84. The van der Waals surface area contributed by atoms with Crippen LogP contribution in [0.15, 0.2) is 43.0 Å². The van der Waals surface area contributed by atoms with Crippen LogP contribution < -0.4 is 5.32 Å². The summed E-state index contributed by atoms with van der Waals surface area (Å²) in [5.74, 6) is -1.28. The lowest BCUT2D eigenvalue weighted by atomic mass is 10.2. The molecule has 0 aliphatic carbocycles. The zero-order chi connectivity index (χ0) is 20.6. The van der Waals surface area contributed by atoms with E-state index in [0.29, 0.717) is 11.7 Å².